The molecule has 0 fully saturated rings. The number of aromatic nitrogens is 5. The lowest BCUT2D eigenvalue weighted by Crippen LogP contribution is -2.41. The van der Waals surface area contributed by atoms with Gasteiger partial charge < -0.3 is 19.9 Å². The van der Waals surface area contributed by atoms with Gasteiger partial charge in [-0.15, -0.1) is 11.3 Å². The lowest BCUT2D eigenvalue weighted by Gasteiger charge is -2.30. The number of nitrogens with zero attached hydrogens (tertiary/aromatic N) is 6. The van der Waals surface area contributed by atoms with Gasteiger partial charge in [0.2, 0.25) is 5.91 Å². The Hall–Kier alpha value is -4.09. The number of hydrogen-bond donors (Lipinski definition) is 2. The number of thiophene rings is 1. The van der Waals surface area contributed by atoms with Crippen molar-refractivity contribution < 1.29 is 9.53 Å². The van der Waals surface area contributed by atoms with Crippen LogP contribution in [0.4, 0.5) is 11.5 Å². The summed E-state index contributed by atoms with van der Waals surface area (Å²) >= 11 is 1.66. The molecule has 0 aliphatic heterocycles. The number of nitrogens with one attached hydrogen (secondary N) is 2. The highest BCUT2D eigenvalue weighted by atomic mass is 32.1. The second-order valence-electron chi connectivity index (χ2n) is 10.4. The Labute approximate surface area is 236 Å². The lowest BCUT2D eigenvalue weighted by molar-refractivity contribution is -0.136. The van der Waals surface area contributed by atoms with E-state index >= 15 is 0 Å². The maximum absolute atomic E-state index is 13.8. The van der Waals surface area contributed by atoms with Gasteiger partial charge in [-0.05, 0) is 57.1 Å². The maximum atomic E-state index is 13.8. The van der Waals surface area contributed by atoms with Crippen LogP contribution in [0.2, 0.25) is 0 Å². The third-order valence-corrected chi connectivity index (χ3v) is 8.58. The van der Waals surface area contributed by atoms with Crippen LogP contribution < -0.4 is 10.1 Å². The van der Waals surface area contributed by atoms with Gasteiger partial charge in [-0.25, -0.2) is 9.97 Å². The second-order valence-corrected chi connectivity index (χ2v) is 11.4. The molecule has 1 aliphatic rings. The van der Waals surface area contributed by atoms with Gasteiger partial charge in [0.1, 0.15) is 22.7 Å². The van der Waals surface area contributed by atoms with Crippen LogP contribution in [0.15, 0.2) is 49.1 Å². The molecule has 2 N–H and O–H groups in total. The number of benzene rings is 1. The van der Waals surface area contributed by atoms with Gasteiger partial charge in [0.05, 0.1) is 42.1 Å². The van der Waals surface area contributed by atoms with E-state index in [9.17, 15) is 4.79 Å². The van der Waals surface area contributed by atoms with Crippen LogP contribution in [-0.2, 0) is 24.2 Å². The Balaban J connectivity index is 1.27. The van der Waals surface area contributed by atoms with Gasteiger partial charge in [-0.2, -0.15) is 5.10 Å². The molecule has 1 unspecified atom stereocenters. The van der Waals surface area contributed by atoms with Gasteiger partial charge in [0.15, 0.2) is 0 Å². The zero-order valence-corrected chi connectivity index (χ0v) is 23.7. The number of carbonyl (C=O) groups excluding carboxylic acids is 1. The standard InChI is InChI=1S/C29H32N8O2S/c1-36(2)10-11-37(16-20-6-4-5-9-30-20)29(38)18-7-8-21-25(13-18)40-28-26(21)27(31-17-32-28)34-23-12-19-15-33-35-22(19)14-24(23)39-3/h4-6,9,12,14-15,17-18H,7-8,10-11,13,16H2,1-3H3,(H,33,35)(H,31,32,34). The molecule has 0 saturated carbocycles. The molecule has 40 heavy (non-hydrogen) atoms. The molecular weight excluding hydrogens is 524 g/mol. The first-order chi connectivity index (χ1) is 19.5. The number of aromatic amines is 1. The van der Waals surface area contributed by atoms with Crippen LogP contribution in [0.5, 0.6) is 5.75 Å². The third kappa shape index (κ3) is 5.22. The van der Waals surface area contributed by atoms with E-state index in [0.717, 1.165) is 57.7 Å². The van der Waals surface area contributed by atoms with Crippen LogP contribution >= 0.6 is 11.3 Å². The number of carbonyl (C=O) groups is 1. The smallest absolute Gasteiger partial charge is 0.226 e. The molecule has 0 radical (unpaired) electrons. The van der Waals surface area contributed by atoms with Crippen molar-refractivity contribution in [3.63, 3.8) is 0 Å². The SMILES string of the molecule is COc1cc2[nH]ncc2cc1Nc1ncnc2sc3c(c12)CCC(C(=O)N(CCN(C)C)Cc1ccccn1)C3. The van der Waals surface area contributed by atoms with E-state index in [2.05, 4.69) is 35.4 Å². The number of fused-ring (bicyclic) bond motifs is 4. The number of H-pyrrole nitrogens is 1. The van der Waals surface area contributed by atoms with Crippen molar-refractivity contribution in [2.24, 2.45) is 5.92 Å². The van der Waals surface area contributed by atoms with Crippen molar-refractivity contribution in [1.29, 1.82) is 0 Å². The zero-order chi connectivity index (χ0) is 27.6. The van der Waals surface area contributed by atoms with Crippen molar-refractivity contribution in [3.05, 3.63) is 65.2 Å². The summed E-state index contributed by atoms with van der Waals surface area (Å²) in [5.74, 6) is 1.57. The summed E-state index contributed by atoms with van der Waals surface area (Å²) in [6.45, 7) is 1.99. The van der Waals surface area contributed by atoms with Crippen molar-refractivity contribution in [2.75, 3.05) is 39.6 Å². The van der Waals surface area contributed by atoms with E-state index in [0.29, 0.717) is 25.3 Å². The number of ether oxygens (including phenoxy) is 1. The summed E-state index contributed by atoms with van der Waals surface area (Å²) in [6, 6.07) is 9.78. The van der Waals surface area contributed by atoms with Crippen LogP contribution in [0, 0.1) is 5.92 Å². The summed E-state index contributed by atoms with van der Waals surface area (Å²) in [6.07, 6.45) is 7.46. The molecule has 1 aliphatic carbocycles. The Morgan fingerprint density at radius 3 is 2.90 bits per heavy atom. The molecule has 1 atom stereocenters. The Kier molecular flexibility index (Phi) is 7.31. The largest absolute Gasteiger partial charge is 0.494 e. The highest BCUT2D eigenvalue weighted by Crippen LogP contribution is 2.42. The molecular formula is C29H32N8O2S. The molecule has 0 bridgehead atoms. The van der Waals surface area contributed by atoms with Crippen molar-refractivity contribution in [3.8, 4) is 5.75 Å². The molecule has 1 amide bonds. The van der Waals surface area contributed by atoms with E-state index < -0.39 is 0 Å². The van der Waals surface area contributed by atoms with Gasteiger partial charge in [0, 0.05) is 41.5 Å². The number of amides is 1. The van der Waals surface area contributed by atoms with E-state index in [4.69, 9.17) is 4.74 Å². The normalized spacial score (nSPS) is 14.9. The van der Waals surface area contributed by atoms with Crippen LogP contribution in [0.3, 0.4) is 0 Å². The molecule has 206 valence electrons. The minimum Gasteiger partial charge on any atom is -0.494 e. The molecule has 0 saturated heterocycles. The minimum absolute atomic E-state index is 0.0700. The van der Waals surface area contributed by atoms with Gasteiger partial charge in [0.25, 0.3) is 0 Å². The molecule has 6 rings (SSSR count). The van der Waals surface area contributed by atoms with Gasteiger partial charge >= 0.3 is 0 Å². The Morgan fingerprint density at radius 2 is 2.10 bits per heavy atom. The number of likely N-dealkylation sites (N-methyl/N-ethyl adjacent to an activating group) is 1. The average molecular weight is 557 g/mol. The fourth-order valence-corrected chi connectivity index (χ4v) is 6.58. The first-order valence-corrected chi connectivity index (χ1v) is 14.2. The van der Waals surface area contributed by atoms with E-state index in [-0.39, 0.29) is 11.8 Å². The molecule has 5 aromatic rings. The maximum Gasteiger partial charge on any atom is 0.226 e. The summed E-state index contributed by atoms with van der Waals surface area (Å²) in [5, 5.41) is 12.6. The lowest BCUT2D eigenvalue weighted by atomic mass is 9.86. The van der Waals surface area contributed by atoms with E-state index in [1.165, 1.54) is 10.4 Å². The predicted octanol–water partition coefficient (Wildman–Crippen LogP) is 4.41. The highest BCUT2D eigenvalue weighted by molar-refractivity contribution is 7.19. The molecule has 11 heteroatoms. The number of pyridine rings is 1. The first-order valence-electron chi connectivity index (χ1n) is 13.4. The molecule has 0 spiro atoms. The quantitative estimate of drug-likeness (QED) is 0.275. The van der Waals surface area contributed by atoms with Gasteiger partial charge in [-0.3, -0.25) is 14.9 Å². The monoisotopic (exact) mass is 556 g/mol. The molecule has 1 aromatic carbocycles. The summed E-state index contributed by atoms with van der Waals surface area (Å²) in [4.78, 5) is 33.7. The summed E-state index contributed by atoms with van der Waals surface area (Å²) in [5.41, 5.74) is 3.86. The highest BCUT2D eigenvalue weighted by Gasteiger charge is 2.32. The van der Waals surface area contributed by atoms with E-state index in [1.54, 1.807) is 37.2 Å². The average Bonchev–Trinajstić information content (AvgIpc) is 3.58. The number of rotatable bonds is 9. The van der Waals surface area contributed by atoms with Crippen molar-refractivity contribution >= 4 is 49.9 Å². The van der Waals surface area contributed by atoms with Crippen molar-refractivity contribution in [1.82, 2.24) is 34.9 Å². The molecule has 4 aromatic heterocycles. The number of hydrogen-bond acceptors (Lipinski definition) is 9. The fourth-order valence-electron chi connectivity index (χ4n) is 5.31. The van der Waals surface area contributed by atoms with E-state index in [1.807, 2.05) is 49.3 Å². The molecule has 10 nitrogen and oxygen atoms in total. The molecule has 4 heterocycles. The summed E-state index contributed by atoms with van der Waals surface area (Å²) in [7, 11) is 5.71. The number of aryl methyl sites for hydroxylation is 1. The van der Waals surface area contributed by atoms with Gasteiger partial charge in [-0.1, -0.05) is 6.07 Å². The van der Waals surface area contributed by atoms with Crippen LogP contribution in [-0.4, -0.2) is 75.2 Å². The summed E-state index contributed by atoms with van der Waals surface area (Å²) < 4.78 is 5.64. The van der Waals surface area contributed by atoms with Crippen LogP contribution in [0.1, 0.15) is 22.6 Å². The fraction of sp³-hybridized carbons (Fsp3) is 0.345. The second kappa shape index (κ2) is 11.2. The number of anilines is 2. The zero-order valence-electron chi connectivity index (χ0n) is 22.8. The Morgan fingerprint density at radius 1 is 1.20 bits per heavy atom. The Bertz CT molecular complexity index is 1650. The van der Waals surface area contributed by atoms with Crippen LogP contribution in [0.25, 0.3) is 21.1 Å². The van der Waals surface area contributed by atoms with Crippen molar-refractivity contribution in [2.45, 2.75) is 25.8 Å². The topological polar surface area (TPSA) is 112 Å². The first kappa shape index (κ1) is 26.1. The predicted molar refractivity (Wildman–Crippen MR) is 157 cm³/mol. The minimum atomic E-state index is -0.0700. The number of methoxy groups -OCH3 is 1. The third-order valence-electron chi connectivity index (χ3n) is 7.42.